The van der Waals surface area contributed by atoms with Gasteiger partial charge in [0, 0.05) is 18.5 Å². The Labute approximate surface area is 111 Å². The molecule has 2 aliphatic rings. The molecule has 18 heavy (non-hydrogen) atoms. The van der Waals surface area contributed by atoms with E-state index in [1.165, 1.54) is 30.8 Å². The first-order valence-corrected chi connectivity index (χ1v) is 7.67. The van der Waals surface area contributed by atoms with E-state index >= 15 is 0 Å². The first-order valence-electron chi connectivity index (χ1n) is 6.73. The molecule has 0 bridgehead atoms. The summed E-state index contributed by atoms with van der Waals surface area (Å²) in [5.41, 5.74) is 2.34. The van der Waals surface area contributed by atoms with Crippen LogP contribution in [0.4, 0.5) is 0 Å². The zero-order valence-corrected chi connectivity index (χ0v) is 11.3. The number of likely N-dealkylation sites (tertiary alicyclic amines) is 1. The summed E-state index contributed by atoms with van der Waals surface area (Å²) in [7, 11) is 0. The summed E-state index contributed by atoms with van der Waals surface area (Å²) >= 11 is 1.49. The van der Waals surface area contributed by atoms with Gasteiger partial charge in [0.15, 0.2) is 0 Å². The summed E-state index contributed by atoms with van der Waals surface area (Å²) in [5, 5.41) is 5.28. The highest BCUT2D eigenvalue weighted by atomic mass is 32.1. The second kappa shape index (κ2) is 5.36. The fourth-order valence-corrected chi connectivity index (χ4v) is 3.66. The standard InChI is InChI=1S/C13H19N3OS/c17-13(12-8-18-9-15-12)16-5-2-10(3-6-16)11-1-4-14-7-11/h8-11,14H,1-7H2. The van der Waals surface area contributed by atoms with Gasteiger partial charge in [-0.1, -0.05) is 0 Å². The van der Waals surface area contributed by atoms with Crippen molar-refractivity contribution >= 4 is 17.2 Å². The molecule has 1 N–H and O–H groups in total. The molecule has 2 aliphatic heterocycles. The minimum absolute atomic E-state index is 0.110. The Hall–Kier alpha value is -0.940. The fraction of sp³-hybridized carbons (Fsp3) is 0.692. The molecule has 0 spiro atoms. The van der Waals surface area contributed by atoms with Crippen LogP contribution in [0.1, 0.15) is 29.8 Å². The molecular formula is C13H19N3OS. The molecule has 1 unspecified atom stereocenters. The van der Waals surface area contributed by atoms with Crippen molar-refractivity contribution < 1.29 is 4.79 Å². The summed E-state index contributed by atoms with van der Waals surface area (Å²) in [4.78, 5) is 18.2. The number of hydrogen-bond donors (Lipinski definition) is 1. The summed E-state index contributed by atoms with van der Waals surface area (Å²) < 4.78 is 0. The number of carbonyl (C=O) groups excluding carboxylic acids is 1. The van der Waals surface area contributed by atoms with Gasteiger partial charge in [0.1, 0.15) is 5.69 Å². The minimum Gasteiger partial charge on any atom is -0.337 e. The second-order valence-corrected chi connectivity index (χ2v) is 5.97. The molecule has 1 aromatic rings. The van der Waals surface area contributed by atoms with Crippen LogP contribution in [-0.2, 0) is 0 Å². The zero-order valence-electron chi connectivity index (χ0n) is 10.5. The topological polar surface area (TPSA) is 45.2 Å². The van der Waals surface area contributed by atoms with Gasteiger partial charge in [-0.2, -0.15) is 0 Å². The molecule has 2 fully saturated rings. The molecule has 0 aromatic carbocycles. The maximum atomic E-state index is 12.1. The Bertz CT molecular complexity index is 392. The number of aromatic nitrogens is 1. The highest BCUT2D eigenvalue weighted by Gasteiger charge is 2.30. The van der Waals surface area contributed by atoms with Crippen molar-refractivity contribution in [1.29, 1.82) is 0 Å². The molecule has 2 saturated heterocycles. The Kier molecular flexibility index (Phi) is 3.61. The Morgan fingerprint density at radius 3 is 2.78 bits per heavy atom. The fourth-order valence-electron chi connectivity index (χ4n) is 3.13. The first kappa shape index (κ1) is 12.1. The lowest BCUT2D eigenvalue weighted by Gasteiger charge is -2.34. The van der Waals surface area contributed by atoms with Crippen molar-refractivity contribution in [1.82, 2.24) is 15.2 Å². The molecule has 3 rings (SSSR count). The van der Waals surface area contributed by atoms with E-state index in [-0.39, 0.29) is 5.91 Å². The number of piperidine rings is 1. The van der Waals surface area contributed by atoms with Crippen molar-refractivity contribution in [2.75, 3.05) is 26.2 Å². The van der Waals surface area contributed by atoms with Crippen LogP contribution in [0.25, 0.3) is 0 Å². The van der Waals surface area contributed by atoms with Crippen LogP contribution in [0, 0.1) is 11.8 Å². The van der Waals surface area contributed by atoms with Gasteiger partial charge in [-0.25, -0.2) is 4.98 Å². The summed E-state index contributed by atoms with van der Waals surface area (Å²) in [6.07, 6.45) is 3.62. The molecule has 5 heteroatoms. The van der Waals surface area contributed by atoms with Crippen LogP contribution in [0.3, 0.4) is 0 Å². The molecule has 1 amide bonds. The average molecular weight is 265 g/mol. The SMILES string of the molecule is O=C(c1cscn1)N1CCC(C2CCNC2)CC1. The molecule has 1 atom stereocenters. The van der Waals surface area contributed by atoms with E-state index < -0.39 is 0 Å². The number of rotatable bonds is 2. The van der Waals surface area contributed by atoms with Crippen molar-refractivity contribution in [2.45, 2.75) is 19.3 Å². The molecule has 1 aromatic heterocycles. The normalized spacial score (nSPS) is 25.6. The van der Waals surface area contributed by atoms with Crippen molar-refractivity contribution in [2.24, 2.45) is 11.8 Å². The lowest BCUT2D eigenvalue weighted by molar-refractivity contribution is 0.0658. The van der Waals surface area contributed by atoms with Crippen molar-refractivity contribution in [3.63, 3.8) is 0 Å². The lowest BCUT2D eigenvalue weighted by atomic mass is 9.84. The zero-order chi connectivity index (χ0) is 12.4. The van der Waals surface area contributed by atoms with Gasteiger partial charge in [0.2, 0.25) is 0 Å². The summed E-state index contributed by atoms with van der Waals surface area (Å²) in [6, 6.07) is 0. The lowest BCUT2D eigenvalue weighted by Crippen LogP contribution is -2.40. The van der Waals surface area contributed by atoms with Gasteiger partial charge in [-0.15, -0.1) is 11.3 Å². The predicted octanol–water partition coefficient (Wildman–Crippen LogP) is 1.60. The molecule has 98 valence electrons. The quantitative estimate of drug-likeness (QED) is 0.883. The van der Waals surface area contributed by atoms with Gasteiger partial charge in [-0.05, 0) is 44.2 Å². The predicted molar refractivity (Wildman–Crippen MR) is 71.7 cm³/mol. The van der Waals surface area contributed by atoms with E-state index in [1.54, 1.807) is 5.51 Å². The maximum absolute atomic E-state index is 12.1. The van der Waals surface area contributed by atoms with E-state index in [1.807, 2.05) is 10.3 Å². The van der Waals surface area contributed by atoms with E-state index in [2.05, 4.69) is 10.3 Å². The summed E-state index contributed by atoms with van der Waals surface area (Å²) in [6.45, 7) is 4.14. The molecule has 0 radical (unpaired) electrons. The average Bonchev–Trinajstić information content (AvgIpc) is 3.11. The molecular weight excluding hydrogens is 246 g/mol. The number of hydrogen-bond acceptors (Lipinski definition) is 4. The summed E-state index contributed by atoms with van der Waals surface area (Å²) in [5.74, 6) is 1.75. The van der Waals surface area contributed by atoms with Crippen LogP contribution in [0.5, 0.6) is 0 Å². The van der Waals surface area contributed by atoms with Gasteiger partial charge >= 0.3 is 0 Å². The smallest absolute Gasteiger partial charge is 0.273 e. The Morgan fingerprint density at radius 2 is 2.17 bits per heavy atom. The van der Waals surface area contributed by atoms with Crippen molar-refractivity contribution in [3.8, 4) is 0 Å². The van der Waals surface area contributed by atoms with Crippen LogP contribution >= 0.6 is 11.3 Å². The Morgan fingerprint density at radius 1 is 1.33 bits per heavy atom. The second-order valence-electron chi connectivity index (χ2n) is 5.26. The number of nitrogens with zero attached hydrogens (tertiary/aromatic N) is 2. The third kappa shape index (κ3) is 2.42. The highest BCUT2D eigenvalue weighted by molar-refractivity contribution is 7.07. The maximum Gasteiger partial charge on any atom is 0.273 e. The third-order valence-electron chi connectivity index (χ3n) is 4.24. The monoisotopic (exact) mass is 265 g/mol. The number of amides is 1. The van der Waals surface area contributed by atoms with E-state index in [0.717, 1.165) is 37.8 Å². The van der Waals surface area contributed by atoms with Crippen LogP contribution in [-0.4, -0.2) is 42.0 Å². The number of carbonyl (C=O) groups is 1. The first-order chi connectivity index (χ1) is 8.84. The van der Waals surface area contributed by atoms with Crippen LogP contribution in [0.15, 0.2) is 10.9 Å². The third-order valence-corrected chi connectivity index (χ3v) is 4.83. The van der Waals surface area contributed by atoms with Crippen LogP contribution in [0.2, 0.25) is 0 Å². The van der Waals surface area contributed by atoms with E-state index in [9.17, 15) is 4.79 Å². The molecule has 0 saturated carbocycles. The Balaban J connectivity index is 1.55. The molecule has 0 aliphatic carbocycles. The number of thiazole rings is 1. The number of nitrogens with one attached hydrogen (secondary N) is 1. The van der Waals surface area contributed by atoms with Gasteiger partial charge in [0.25, 0.3) is 5.91 Å². The van der Waals surface area contributed by atoms with E-state index in [4.69, 9.17) is 0 Å². The van der Waals surface area contributed by atoms with Gasteiger partial charge < -0.3 is 10.2 Å². The molecule has 3 heterocycles. The van der Waals surface area contributed by atoms with Gasteiger partial charge in [0.05, 0.1) is 5.51 Å². The van der Waals surface area contributed by atoms with Crippen LogP contribution < -0.4 is 5.32 Å². The largest absolute Gasteiger partial charge is 0.337 e. The minimum atomic E-state index is 0.110. The van der Waals surface area contributed by atoms with E-state index in [0.29, 0.717) is 5.69 Å². The van der Waals surface area contributed by atoms with Gasteiger partial charge in [-0.3, -0.25) is 4.79 Å². The van der Waals surface area contributed by atoms with Crippen molar-refractivity contribution in [3.05, 3.63) is 16.6 Å². The highest BCUT2D eigenvalue weighted by Crippen LogP contribution is 2.29. The molecule has 4 nitrogen and oxygen atoms in total.